The number of benzene rings is 3. The van der Waals surface area contributed by atoms with E-state index in [2.05, 4.69) is 42.4 Å². The Morgan fingerprint density at radius 2 is 1.50 bits per heavy atom. The van der Waals surface area contributed by atoms with Crippen molar-refractivity contribution in [3.63, 3.8) is 0 Å². The summed E-state index contributed by atoms with van der Waals surface area (Å²) in [6, 6.07) is 21.1. The van der Waals surface area contributed by atoms with Crippen molar-refractivity contribution in [1.82, 2.24) is 9.47 Å². The van der Waals surface area contributed by atoms with Gasteiger partial charge in [0.2, 0.25) is 0 Å². The topological polar surface area (TPSA) is 57.9 Å². The lowest BCUT2D eigenvalue weighted by atomic mass is 10.1. The second-order valence-corrected chi connectivity index (χ2v) is 8.73. The first kappa shape index (κ1) is 27.2. The second-order valence-electron chi connectivity index (χ2n) is 8.73. The number of phenols is 2. The highest BCUT2D eigenvalue weighted by molar-refractivity contribution is 5.92. The van der Waals surface area contributed by atoms with Crippen LogP contribution in [-0.4, -0.2) is 45.9 Å². The number of hydrogen-bond donors (Lipinski definition) is 2. The smallest absolute Gasteiger partial charge is 0.119 e. The van der Waals surface area contributed by atoms with Crippen LogP contribution in [0.4, 0.5) is 0 Å². The molecule has 4 rings (SSSR count). The number of ether oxygens (including phenoxy) is 1. The van der Waals surface area contributed by atoms with Crippen molar-refractivity contribution in [1.29, 1.82) is 0 Å². The molecule has 1 aromatic heterocycles. The highest BCUT2D eigenvalue weighted by atomic mass is 16.5. The van der Waals surface area contributed by atoms with Crippen molar-refractivity contribution in [2.24, 2.45) is 0 Å². The lowest BCUT2D eigenvalue weighted by Crippen LogP contribution is -2.28. The van der Waals surface area contributed by atoms with Gasteiger partial charge in [-0.3, -0.25) is 0 Å². The molecule has 36 heavy (non-hydrogen) atoms. The molecule has 0 aliphatic rings. The van der Waals surface area contributed by atoms with Gasteiger partial charge in [0.05, 0.1) is 5.69 Å². The van der Waals surface area contributed by atoms with Crippen LogP contribution in [0.15, 0.2) is 66.7 Å². The van der Waals surface area contributed by atoms with E-state index < -0.39 is 0 Å². The minimum Gasteiger partial charge on any atom is -0.508 e. The van der Waals surface area contributed by atoms with Crippen molar-refractivity contribution in [3.05, 3.63) is 77.9 Å². The van der Waals surface area contributed by atoms with Gasteiger partial charge in [-0.15, -0.1) is 0 Å². The number of aryl methyl sites for hydroxylation is 1. The Morgan fingerprint density at radius 3 is 2.14 bits per heavy atom. The summed E-state index contributed by atoms with van der Waals surface area (Å²) in [4.78, 5) is 2.40. The van der Waals surface area contributed by atoms with Crippen molar-refractivity contribution in [2.75, 3.05) is 26.2 Å². The van der Waals surface area contributed by atoms with Gasteiger partial charge in [0.15, 0.2) is 0 Å². The number of nitrogens with zero attached hydrogens (tertiary/aromatic N) is 2. The fourth-order valence-corrected chi connectivity index (χ4v) is 4.58. The summed E-state index contributed by atoms with van der Waals surface area (Å²) in [5.41, 5.74) is 5.44. The maximum atomic E-state index is 10.1. The molecule has 4 aromatic rings. The SMILES string of the molecule is CC.CCCN(CC)CCOc1ccc(Cn2c(-c3ccc(O)cc3)c(C)c3cc(O)ccc32)cc1. The zero-order chi connectivity index (χ0) is 26.1. The predicted octanol–water partition coefficient (Wildman–Crippen LogP) is 7.21. The Labute approximate surface area is 215 Å². The molecule has 3 aromatic carbocycles. The van der Waals surface area contributed by atoms with Crippen LogP contribution in [-0.2, 0) is 6.54 Å². The Bertz CT molecular complexity index is 1230. The Morgan fingerprint density at radius 1 is 0.833 bits per heavy atom. The number of likely N-dealkylation sites (N-methyl/N-ethyl adjacent to an activating group) is 1. The second kappa shape index (κ2) is 13.0. The highest BCUT2D eigenvalue weighted by Crippen LogP contribution is 2.36. The fourth-order valence-electron chi connectivity index (χ4n) is 4.58. The molecule has 0 aliphatic carbocycles. The maximum absolute atomic E-state index is 10.1. The van der Waals surface area contributed by atoms with Gasteiger partial charge in [-0.05, 0) is 97.7 Å². The van der Waals surface area contributed by atoms with E-state index in [9.17, 15) is 10.2 Å². The van der Waals surface area contributed by atoms with Gasteiger partial charge in [-0.1, -0.05) is 39.8 Å². The summed E-state index contributed by atoms with van der Waals surface area (Å²) in [5.74, 6) is 1.38. The minimum atomic E-state index is 0.244. The van der Waals surface area contributed by atoms with E-state index >= 15 is 0 Å². The van der Waals surface area contributed by atoms with Gasteiger partial charge in [0, 0.05) is 24.0 Å². The van der Waals surface area contributed by atoms with Crippen LogP contribution >= 0.6 is 0 Å². The minimum absolute atomic E-state index is 0.244. The summed E-state index contributed by atoms with van der Waals surface area (Å²) in [7, 11) is 0. The van der Waals surface area contributed by atoms with Gasteiger partial charge >= 0.3 is 0 Å². The zero-order valence-corrected chi connectivity index (χ0v) is 22.3. The van der Waals surface area contributed by atoms with E-state index in [0.29, 0.717) is 13.2 Å². The van der Waals surface area contributed by atoms with E-state index in [-0.39, 0.29) is 11.5 Å². The van der Waals surface area contributed by atoms with Crippen LogP contribution in [0.1, 0.15) is 45.2 Å². The van der Waals surface area contributed by atoms with Crippen LogP contribution in [0, 0.1) is 6.92 Å². The molecule has 0 atom stereocenters. The maximum Gasteiger partial charge on any atom is 0.119 e. The van der Waals surface area contributed by atoms with Crippen molar-refractivity contribution < 1.29 is 14.9 Å². The van der Waals surface area contributed by atoms with Crippen molar-refractivity contribution in [3.8, 4) is 28.5 Å². The number of hydrogen-bond acceptors (Lipinski definition) is 4. The molecule has 0 aliphatic heterocycles. The summed E-state index contributed by atoms with van der Waals surface area (Å²) in [6.07, 6.45) is 1.15. The van der Waals surface area contributed by atoms with Crippen LogP contribution in [0.5, 0.6) is 17.2 Å². The average Bonchev–Trinajstić information content (AvgIpc) is 3.16. The number of aromatic nitrogens is 1. The first-order valence-corrected chi connectivity index (χ1v) is 13.1. The Hall–Kier alpha value is -3.44. The fraction of sp³-hybridized carbons (Fsp3) is 0.355. The average molecular weight is 489 g/mol. The van der Waals surface area contributed by atoms with Crippen LogP contribution < -0.4 is 4.74 Å². The van der Waals surface area contributed by atoms with Crippen molar-refractivity contribution in [2.45, 2.75) is 47.6 Å². The van der Waals surface area contributed by atoms with E-state index in [4.69, 9.17) is 4.74 Å². The van der Waals surface area contributed by atoms with Gasteiger partial charge < -0.3 is 24.4 Å². The van der Waals surface area contributed by atoms with Gasteiger partial charge in [-0.2, -0.15) is 0 Å². The van der Waals surface area contributed by atoms with Crippen molar-refractivity contribution >= 4 is 10.9 Å². The molecule has 1 heterocycles. The zero-order valence-electron chi connectivity index (χ0n) is 22.3. The summed E-state index contributed by atoms with van der Waals surface area (Å²) >= 11 is 0. The third-order valence-electron chi connectivity index (χ3n) is 6.37. The first-order valence-electron chi connectivity index (χ1n) is 13.1. The summed E-state index contributed by atoms with van der Waals surface area (Å²) in [5, 5.41) is 20.9. The number of phenolic OH excluding ortho intramolecular Hbond substituents is 2. The molecular weight excluding hydrogens is 448 g/mol. The molecular formula is C31H40N2O3. The molecule has 0 amide bonds. The first-order chi connectivity index (χ1) is 17.5. The molecule has 0 spiro atoms. The summed E-state index contributed by atoms with van der Waals surface area (Å²) in [6.45, 7) is 14.9. The molecule has 0 saturated heterocycles. The molecule has 0 fully saturated rings. The molecule has 2 N–H and O–H groups in total. The van der Waals surface area contributed by atoms with Crippen LogP contribution in [0.3, 0.4) is 0 Å². The Balaban J connectivity index is 0.00000176. The quantitative estimate of drug-likeness (QED) is 0.248. The predicted molar refractivity (Wildman–Crippen MR) is 150 cm³/mol. The van der Waals surface area contributed by atoms with Gasteiger partial charge in [0.1, 0.15) is 23.9 Å². The molecule has 5 nitrogen and oxygen atoms in total. The van der Waals surface area contributed by atoms with E-state index in [1.165, 1.54) is 5.56 Å². The van der Waals surface area contributed by atoms with Crippen LogP contribution in [0.25, 0.3) is 22.2 Å². The monoisotopic (exact) mass is 488 g/mol. The lowest BCUT2D eigenvalue weighted by molar-refractivity contribution is 0.216. The molecule has 0 saturated carbocycles. The van der Waals surface area contributed by atoms with Crippen LogP contribution in [0.2, 0.25) is 0 Å². The largest absolute Gasteiger partial charge is 0.508 e. The molecule has 5 heteroatoms. The van der Waals surface area contributed by atoms with Gasteiger partial charge in [-0.25, -0.2) is 0 Å². The third-order valence-corrected chi connectivity index (χ3v) is 6.37. The molecule has 192 valence electrons. The van der Waals surface area contributed by atoms with E-state index in [0.717, 1.165) is 59.5 Å². The van der Waals surface area contributed by atoms with Gasteiger partial charge in [0.25, 0.3) is 0 Å². The highest BCUT2D eigenvalue weighted by Gasteiger charge is 2.17. The number of aromatic hydroxyl groups is 2. The number of fused-ring (bicyclic) bond motifs is 1. The van der Waals surface area contributed by atoms with E-state index in [1.54, 1.807) is 18.2 Å². The number of rotatable bonds is 10. The van der Waals surface area contributed by atoms with E-state index in [1.807, 2.05) is 50.2 Å². The standard InChI is InChI=1S/C29H34N2O3.C2H6/c1-4-16-30(5-2)17-18-34-26-13-6-22(7-14-26)20-31-28-15-12-25(33)19-27(28)21(3)29(31)23-8-10-24(32)11-9-23;1-2/h6-15,19,32-33H,4-5,16-18,20H2,1-3H3;1-2H3. The normalized spacial score (nSPS) is 10.9. The summed E-state index contributed by atoms with van der Waals surface area (Å²) < 4.78 is 8.26. The third kappa shape index (κ3) is 6.41. The molecule has 0 bridgehead atoms. The molecule has 0 radical (unpaired) electrons. The molecule has 0 unspecified atom stereocenters. The lowest BCUT2D eigenvalue weighted by Gasteiger charge is -2.19. The Kier molecular flexibility index (Phi) is 9.83.